The van der Waals surface area contributed by atoms with Gasteiger partial charge >= 0.3 is 0 Å². The predicted octanol–water partition coefficient (Wildman–Crippen LogP) is 2.85. The number of nitro benzene ring substituents is 1. The summed E-state index contributed by atoms with van der Waals surface area (Å²) in [5, 5.41) is 14.3. The number of nitrogens with one attached hydrogen (secondary N) is 1. The molecule has 0 radical (unpaired) electrons. The third kappa shape index (κ3) is 6.69. The Hall–Kier alpha value is -1.46. The van der Waals surface area contributed by atoms with Crippen LogP contribution in [-0.4, -0.2) is 42.5 Å². The molecule has 5 nitrogen and oxygen atoms in total. The molecule has 0 fully saturated rings. The molecular weight excluding hydrogens is 266 g/mol. The summed E-state index contributed by atoms with van der Waals surface area (Å²) in [6.07, 6.45) is 3.00. The monoisotopic (exact) mass is 293 g/mol. The highest BCUT2D eigenvalue weighted by Crippen LogP contribution is 2.17. The van der Waals surface area contributed by atoms with Gasteiger partial charge in [0, 0.05) is 17.7 Å². The Morgan fingerprint density at radius 3 is 2.62 bits per heavy atom. The summed E-state index contributed by atoms with van der Waals surface area (Å²) in [6, 6.07) is 7.55. The molecular formula is C16H27N3O2. The van der Waals surface area contributed by atoms with Gasteiger partial charge in [0.1, 0.15) is 0 Å². The number of nitrogens with zero attached hydrogens (tertiary/aromatic N) is 2. The zero-order valence-corrected chi connectivity index (χ0v) is 13.3. The fourth-order valence-electron chi connectivity index (χ4n) is 2.12. The minimum Gasteiger partial charge on any atom is -0.316 e. The molecule has 0 aliphatic carbocycles. The van der Waals surface area contributed by atoms with Gasteiger partial charge < -0.3 is 10.2 Å². The van der Waals surface area contributed by atoms with E-state index in [1.165, 1.54) is 6.42 Å². The largest absolute Gasteiger partial charge is 0.316 e. The molecule has 118 valence electrons. The molecule has 0 atom stereocenters. The van der Waals surface area contributed by atoms with Crippen molar-refractivity contribution in [3.63, 3.8) is 0 Å². The minimum atomic E-state index is -0.308. The number of hydrogen-bond donors (Lipinski definition) is 1. The van der Waals surface area contributed by atoms with Crippen molar-refractivity contribution in [2.45, 2.75) is 39.2 Å². The van der Waals surface area contributed by atoms with Crippen molar-refractivity contribution in [3.8, 4) is 0 Å². The molecule has 0 saturated heterocycles. The third-order valence-electron chi connectivity index (χ3n) is 3.76. The topological polar surface area (TPSA) is 58.4 Å². The van der Waals surface area contributed by atoms with Gasteiger partial charge in [-0.25, -0.2) is 0 Å². The van der Waals surface area contributed by atoms with E-state index in [1.54, 1.807) is 12.1 Å². The van der Waals surface area contributed by atoms with Crippen molar-refractivity contribution < 1.29 is 4.92 Å². The third-order valence-corrected chi connectivity index (χ3v) is 3.76. The van der Waals surface area contributed by atoms with Crippen molar-refractivity contribution in [1.29, 1.82) is 0 Å². The highest BCUT2D eigenvalue weighted by Gasteiger charge is 2.11. The summed E-state index contributed by atoms with van der Waals surface area (Å²) in [5.74, 6) is 0. The number of benzene rings is 1. The Morgan fingerprint density at radius 2 is 1.95 bits per heavy atom. The summed E-state index contributed by atoms with van der Waals surface area (Å²) in [7, 11) is 2.15. The molecule has 0 aliphatic rings. The zero-order valence-electron chi connectivity index (χ0n) is 13.3. The maximum absolute atomic E-state index is 10.9. The second-order valence-corrected chi connectivity index (χ2v) is 5.67. The molecule has 0 amide bonds. The molecule has 0 bridgehead atoms. The van der Waals surface area contributed by atoms with E-state index in [1.807, 2.05) is 12.1 Å². The van der Waals surface area contributed by atoms with Gasteiger partial charge in [0.2, 0.25) is 0 Å². The molecule has 0 spiro atoms. The average molecular weight is 293 g/mol. The van der Waals surface area contributed by atoms with Crippen LogP contribution < -0.4 is 5.32 Å². The summed E-state index contributed by atoms with van der Waals surface area (Å²) in [5.41, 5.74) is 1.02. The molecule has 1 aromatic rings. The van der Waals surface area contributed by atoms with Gasteiger partial charge in [-0.05, 0) is 59.8 Å². The summed E-state index contributed by atoms with van der Waals surface area (Å²) >= 11 is 0. The van der Waals surface area contributed by atoms with Crippen molar-refractivity contribution in [3.05, 3.63) is 39.9 Å². The van der Waals surface area contributed by atoms with Crippen LogP contribution in [0.1, 0.15) is 32.3 Å². The lowest BCUT2D eigenvalue weighted by molar-refractivity contribution is -0.385. The van der Waals surface area contributed by atoms with Crippen LogP contribution in [0, 0.1) is 10.1 Å². The highest BCUT2D eigenvalue weighted by molar-refractivity contribution is 5.39. The first-order chi connectivity index (χ1) is 10.0. The SMILES string of the molecule is CC(C)N(C)CCCCNCCc1ccccc1[N+](=O)[O-]. The van der Waals surface area contributed by atoms with Crippen molar-refractivity contribution in [1.82, 2.24) is 10.2 Å². The lowest BCUT2D eigenvalue weighted by atomic mass is 10.1. The van der Waals surface area contributed by atoms with Crippen molar-refractivity contribution in [2.24, 2.45) is 0 Å². The molecule has 1 N–H and O–H groups in total. The van der Waals surface area contributed by atoms with E-state index < -0.39 is 0 Å². The van der Waals surface area contributed by atoms with Gasteiger partial charge in [0.25, 0.3) is 5.69 Å². The Labute approximate surface area is 127 Å². The Morgan fingerprint density at radius 1 is 1.24 bits per heavy atom. The number of hydrogen-bond acceptors (Lipinski definition) is 4. The van der Waals surface area contributed by atoms with Crippen LogP contribution in [0.25, 0.3) is 0 Å². The second kappa shape index (κ2) is 9.47. The summed E-state index contributed by atoms with van der Waals surface area (Å²) in [6.45, 7) is 7.26. The van der Waals surface area contributed by atoms with E-state index in [4.69, 9.17) is 0 Å². The summed E-state index contributed by atoms with van der Waals surface area (Å²) in [4.78, 5) is 12.9. The first-order valence-electron chi connectivity index (χ1n) is 7.65. The maximum Gasteiger partial charge on any atom is 0.272 e. The number of unbranched alkanes of at least 4 members (excludes halogenated alkanes) is 1. The first kappa shape index (κ1) is 17.6. The fourth-order valence-corrected chi connectivity index (χ4v) is 2.12. The highest BCUT2D eigenvalue weighted by atomic mass is 16.6. The first-order valence-corrected chi connectivity index (χ1v) is 7.65. The molecule has 1 rings (SSSR count). The van der Waals surface area contributed by atoms with E-state index in [2.05, 4.69) is 31.1 Å². The second-order valence-electron chi connectivity index (χ2n) is 5.67. The smallest absolute Gasteiger partial charge is 0.272 e. The molecule has 0 unspecified atom stereocenters. The van der Waals surface area contributed by atoms with E-state index in [-0.39, 0.29) is 10.6 Å². The van der Waals surface area contributed by atoms with Gasteiger partial charge in [-0.3, -0.25) is 10.1 Å². The molecule has 0 aromatic heterocycles. The maximum atomic E-state index is 10.9. The van der Waals surface area contributed by atoms with Gasteiger partial charge in [0.05, 0.1) is 4.92 Å². The molecule has 0 aliphatic heterocycles. The van der Waals surface area contributed by atoms with Gasteiger partial charge in [-0.15, -0.1) is 0 Å². The Kier molecular flexibility index (Phi) is 7.93. The van der Waals surface area contributed by atoms with E-state index in [9.17, 15) is 10.1 Å². The predicted molar refractivity (Wildman–Crippen MR) is 86.7 cm³/mol. The normalized spacial score (nSPS) is 11.3. The lowest BCUT2D eigenvalue weighted by Crippen LogP contribution is -2.28. The average Bonchev–Trinajstić information content (AvgIpc) is 2.46. The van der Waals surface area contributed by atoms with E-state index in [0.29, 0.717) is 12.5 Å². The van der Waals surface area contributed by atoms with Gasteiger partial charge in [0.15, 0.2) is 0 Å². The van der Waals surface area contributed by atoms with Crippen molar-refractivity contribution >= 4 is 5.69 Å². The number of para-hydroxylation sites is 1. The van der Waals surface area contributed by atoms with Crippen LogP contribution in [0.3, 0.4) is 0 Å². The van der Waals surface area contributed by atoms with Crippen LogP contribution >= 0.6 is 0 Å². The standard InChI is InChI=1S/C16H27N3O2/c1-14(2)18(3)13-7-6-11-17-12-10-15-8-4-5-9-16(15)19(20)21/h4-5,8-9,14,17H,6-7,10-13H2,1-3H3. The Balaban J connectivity index is 2.16. The molecule has 1 aromatic carbocycles. The quantitative estimate of drug-likeness (QED) is 0.409. The van der Waals surface area contributed by atoms with Crippen LogP contribution in [0.4, 0.5) is 5.69 Å². The van der Waals surface area contributed by atoms with Crippen molar-refractivity contribution in [2.75, 3.05) is 26.7 Å². The fraction of sp³-hybridized carbons (Fsp3) is 0.625. The Bertz CT molecular complexity index is 435. The van der Waals surface area contributed by atoms with Crippen LogP contribution in [0.2, 0.25) is 0 Å². The molecule has 0 heterocycles. The molecule has 21 heavy (non-hydrogen) atoms. The van der Waals surface area contributed by atoms with Crippen LogP contribution in [-0.2, 0) is 6.42 Å². The van der Waals surface area contributed by atoms with E-state index in [0.717, 1.165) is 31.6 Å². The zero-order chi connectivity index (χ0) is 15.7. The molecule has 0 saturated carbocycles. The van der Waals surface area contributed by atoms with E-state index >= 15 is 0 Å². The molecule has 5 heteroatoms. The number of rotatable bonds is 10. The van der Waals surface area contributed by atoms with Gasteiger partial charge in [-0.1, -0.05) is 18.2 Å². The van der Waals surface area contributed by atoms with Gasteiger partial charge in [-0.2, -0.15) is 0 Å². The van der Waals surface area contributed by atoms with Crippen LogP contribution in [0.5, 0.6) is 0 Å². The number of nitro groups is 1. The van der Waals surface area contributed by atoms with Crippen LogP contribution in [0.15, 0.2) is 24.3 Å². The summed E-state index contributed by atoms with van der Waals surface area (Å²) < 4.78 is 0. The lowest BCUT2D eigenvalue weighted by Gasteiger charge is -2.20. The minimum absolute atomic E-state index is 0.220.